The Labute approximate surface area is 156 Å². The number of rotatable bonds is 7. The van der Waals surface area contributed by atoms with Crippen LogP contribution in [-0.4, -0.2) is 30.5 Å². The number of aromatic amines is 1. The molecule has 5 nitrogen and oxygen atoms in total. The zero-order chi connectivity index (χ0) is 17.8. The zero-order valence-electron chi connectivity index (χ0n) is 14.7. The number of benzene rings is 1. The van der Waals surface area contributed by atoms with E-state index in [0.717, 1.165) is 41.7 Å². The maximum absolute atomic E-state index is 4.44. The SMILES string of the molecule is CCCn1c(SCCc2c[nH]c3ccccc23)nnc1-c1ccncc1. The number of thioether (sulfide) groups is 1. The van der Waals surface area contributed by atoms with Gasteiger partial charge in [-0.15, -0.1) is 10.2 Å². The normalized spacial score (nSPS) is 11.3. The van der Waals surface area contributed by atoms with Crippen LogP contribution in [0.3, 0.4) is 0 Å². The fourth-order valence-electron chi connectivity index (χ4n) is 3.13. The Bertz CT molecular complexity index is 990. The molecule has 26 heavy (non-hydrogen) atoms. The highest BCUT2D eigenvalue weighted by Gasteiger charge is 2.14. The quantitative estimate of drug-likeness (QED) is 0.489. The standard InChI is InChI=1S/C20H21N5S/c1-2-12-25-19(15-7-10-21-11-8-15)23-24-20(25)26-13-9-16-14-22-18-6-4-3-5-17(16)18/h3-8,10-11,14,22H,2,9,12-13H2,1H3. The van der Waals surface area contributed by atoms with Crippen LogP contribution in [0.1, 0.15) is 18.9 Å². The zero-order valence-corrected chi connectivity index (χ0v) is 15.5. The third-order valence-electron chi connectivity index (χ3n) is 4.38. The molecule has 1 aromatic carbocycles. The molecule has 0 aliphatic carbocycles. The van der Waals surface area contributed by atoms with Crippen LogP contribution in [0.2, 0.25) is 0 Å². The second-order valence-electron chi connectivity index (χ2n) is 6.15. The summed E-state index contributed by atoms with van der Waals surface area (Å²) in [6, 6.07) is 12.4. The van der Waals surface area contributed by atoms with Crippen LogP contribution in [0.15, 0.2) is 60.1 Å². The van der Waals surface area contributed by atoms with E-state index in [1.54, 1.807) is 24.2 Å². The van der Waals surface area contributed by atoms with Gasteiger partial charge in [0, 0.05) is 47.4 Å². The average Bonchev–Trinajstić information content (AvgIpc) is 3.28. The van der Waals surface area contributed by atoms with E-state index < -0.39 is 0 Å². The van der Waals surface area contributed by atoms with E-state index in [1.165, 1.54) is 16.5 Å². The minimum Gasteiger partial charge on any atom is -0.361 e. The van der Waals surface area contributed by atoms with Gasteiger partial charge in [0.05, 0.1) is 0 Å². The number of nitrogens with zero attached hydrogens (tertiary/aromatic N) is 4. The lowest BCUT2D eigenvalue weighted by Gasteiger charge is -2.08. The summed E-state index contributed by atoms with van der Waals surface area (Å²) in [5.41, 5.74) is 3.61. The Kier molecular flexibility index (Phi) is 5.02. The van der Waals surface area contributed by atoms with E-state index in [9.17, 15) is 0 Å². The van der Waals surface area contributed by atoms with Gasteiger partial charge in [-0.3, -0.25) is 4.98 Å². The largest absolute Gasteiger partial charge is 0.361 e. The summed E-state index contributed by atoms with van der Waals surface area (Å²) in [6.07, 6.45) is 7.75. The minimum atomic E-state index is 0.917. The molecule has 0 fully saturated rings. The van der Waals surface area contributed by atoms with Crippen molar-refractivity contribution in [2.75, 3.05) is 5.75 Å². The van der Waals surface area contributed by atoms with Gasteiger partial charge in [0.1, 0.15) is 0 Å². The molecule has 132 valence electrons. The molecule has 0 aliphatic heterocycles. The van der Waals surface area contributed by atoms with Gasteiger partial charge in [-0.1, -0.05) is 36.9 Å². The molecule has 0 saturated heterocycles. The fraction of sp³-hybridized carbons (Fsp3) is 0.250. The average molecular weight is 363 g/mol. The monoisotopic (exact) mass is 363 g/mol. The maximum Gasteiger partial charge on any atom is 0.191 e. The number of hydrogen-bond donors (Lipinski definition) is 1. The van der Waals surface area contributed by atoms with E-state index in [0.29, 0.717) is 0 Å². The van der Waals surface area contributed by atoms with Crippen molar-refractivity contribution in [3.8, 4) is 11.4 Å². The van der Waals surface area contributed by atoms with Crippen LogP contribution >= 0.6 is 11.8 Å². The molecule has 3 aromatic heterocycles. The predicted octanol–water partition coefficient (Wildman–Crippen LogP) is 4.57. The summed E-state index contributed by atoms with van der Waals surface area (Å²) in [5.74, 6) is 1.89. The molecule has 0 bridgehead atoms. The Morgan fingerprint density at radius 3 is 2.77 bits per heavy atom. The van der Waals surface area contributed by atoms with Crippen molar-refractivity contribution in [2.24, 2.45) is 0 Å². The lowest BCUT2D eigenvalue weighted by atomic mass is 10.1. The van der Waals surface area contributed by atoms with Gasteiger partial charge in [0.25, 0.3) is 0 Å². The highest BCUT2D eigenvalue weighted by molar-refractivity contribution is 7.99. The Morgan fingerprint density at radius 2 is 1.92 bits per heavy atom. The molecule has 4 rings (SSSR count). The van der Waals surface area contributed by atoms with E-state index in [1.807, 2.05) is 12.1 Å². The van der Waals surface area contributed by atoms with Crippen LogP contribution in [-0.2, 0) is 13.0 Å². The third-order valence-corrected chi connectivity index (χ3v) is 5.35. The highest BCUT2D eigenvalue weighted by atomic mass is 32.2. The van der Waals surface area contributed by atoms with Gasteiger partial charge in [-0.25, -0.2) is 0 Å². The van der Waals surface area contributed by atoms with Gasteiger partial charge < -0.3 is 9.55 Å². The van der Waals surface area contributed by atoms with E-state index in [4.69, 9.17) is 0 Å². The molecule has 0 atom stereocenters. The third kappa shape index (κ3) is 3.37. The van der Waals surface area contributed by atoms with E-state index >= 15 is 0 Å². The van der Waals surface area contributed by atoms with Crippen LogP contribution in [0.5, 0.6) is 0 Å². The van der Waals surface area contributed by atoms with Crippen LogP contribution in [0, 0.1) is 0 Å². The fourth-order valence-corrected chi connectivity index (χ4v) is 4.06. The van der Waals surface area contributed by atoms with Crippen molar-refractivity contribution >= 4 is 22.7 Å². The van der Waals surface area contributed by atoms with Crippen molar-refractivity contribution in [1.29, 1.82) is 0 Å². The maximum atomic E-state index is 4.44. The molecule has 4 aromatic rings. The Hall–Kier alpha value is -2.60. The number of hydrogen-bond acceptors (Lipinski definition) is 4. The van der Waals surface area contributed by atoms with Crippen molar-refractivity contribution < 1.29 is 0 Å². The molecule has 0 spiro atoms. The van der Waals surface area contributed by atoms with Crippen molar-refractivity contribution in [3.63, 3.8) is 0 Å². The summed E-state index contributed by atoms with van der Waals surface area (Å²) in [4.78, 5) is 7.44. The second kappa shape index (κ2) is 7.74. The first-order chi connectivity index (χ1) is 12.9. The number of para-hydroxylation sites is 1. The Balaban J connectivity index is 1.50. The lowest BCUT2D eigenvalue weighted by Crippen LogP contribution is -2.02. The summed E-state index contributed by atoms with van der Waals surface area (Å²) in [6.45, 7) is 3.09. The predicted molar refractivity (Wildman–Crippen MR) is 106 cm³/mol. The van der Waals surface area contributed by atoms with Gasteiger partial charge in [0.2, 0.25) is 0 Å². The van der Waals surface area contributed by atoms with Crippen LogP contribution in [0.25, 0.3) is 22.3 Å². The second-order valence-corrected chi connectivity index (χ2v) is 7.21. The number of H-pyrrole nitrogens is 1. The summed E-state index contributed by atoms with van der Waals surface area (Å²) in [7, 11) is 0. The number of fused-ring (bicyclic) bond motifs is 1. The molecule has 0 amide bonds. The van der Waals surface area contributed by atoms with Gasteiger partial charge in [-0.05, 0) is 36.6 Å². The summed E-state index contributed by atoms with van der Waals surface area (Å²) >= 11 is 1.77. The molecule has 3 heterocycles. The molecule has 0 aliphatic rings. The first-order valence-corrected chi connectivity index (χ1v) is 9.86. The van der Waals surface area contributed by atoms with Gasteiger partial charge >= 0.3 is 0 Å². The Morgan fingerprint density at radius 1 is 1.08 bits per heavy atom. The number of aryl methyl sites for hydroxylation is 1. The number of nitrogens with one attached hydrogen (secondary N) is 1. The van der Waals surface area contributed by atoms with E-state index in [-0.39, 0.29) is 0 Å². The summed E-state index contributed by atoms with van der Waals surface area (Å²) < 4.78 is 2.22. The first kappa shape index (κ1) is 16.8. The molecule has 0 radical (unpaired) electrons. The van der Waals surface area contributed by atoms with Gasteiger partial charge in [-0.2, -0.15) is 0 Å². The topological polar surface area (TPSA) is 59.4 Å². The molecule has 0 unspecified atom stereocenters. The van der Waals surface area contributed by atoms with Crippen molar-refractivity contribution in [3.05, 3.63) is 60.6 Å². The number of aromatic nitrogens is 5. The van der Waals surface area contributed by atoms with Crippen LogP contribution in [0.4, 0.5) is 0 Å². The number of pyridine rings is 1. The van der Waals surface area contributed by atoms with Crippen molar-refractivity contribution in [1.82, 2.24) is 24.7 Å². The molecule has 6 heteroatoms. The molecular formula is C20H21N5S. The lowest BCUT2D eigenvalue weighted by molar-refractivity contribution is 0.626. The highest BCUT2D eigenvalue weighted by Crippen LogP contribution is 2.26. The molecule has 1 N–H and O–H groups in total. The first-order valence-electron chi connectivity index (χ1n) is 8.88. The molecule has 0 saturated carbocycles. The minimum absolute atomic E-state index is 0.917. The van der Waals surface area contributed by atoms with Crippen LogP contribution < -0.4 is 0 Å². The van der Waals surface area contributed by atoms with Gasteiger partial charge in [0.15, 0.2) is 11.0 Å². The van der Waals surface area contributed by atoms with Crippen molar-refractivity contribution in [2.45, 2.75) is 31.5 Å². The van der Waals surface area contributed by atoms with E-state index in [2.05, 4.69) is 62.1 Å². The smallest absolute Gasteiger partial charge is 0.191 e. The molecular weight excluding hydrogens is 342 g/mol. The summed E-state index contributed by atoms with van der Waals surface area (Å²) in [5, 5.41) is 11.2.